The summed E-state index contributed by atoms with van der Waals surface area (Å²) in [5.41, 5.74) is 0.528. The van der Waals surface area contributed by atoms with Gasteiger partial charge >= 0.3 is 0 Å². The van der Waals surface area contributed by atoms with Crippen molar-refractivity contribution in [3.8, 4) is 0 Å². The van der Waals surface area contributed by atoms with Crippen LogP contribution >= 0.6 is 0 Å². The third-order valence-corrected chi connectivity index (χ3v) is 3.78. The molecule has 0 saturated heterocycles. The fraction of sp³-hybridized carbons (Fsp3) is 0.417. The number of hydrogen-bond acceptors (Lipinski definition) is 4. The zero-order chi connectivity index (χ0) is 14.3. The van der Waals surface area contributed by atoms with Crippen molar-refractivity contribution in [2.45, 2.75) is 18.7 Å². The van der Waals surface area contributed by atoms with Crippen LogP contribution in [0.4, 0.5) is 5.69 Å². The topological polar surface area (TPSA) is 84.5 Å². The lowest BCUT2D eigenvalue weighted by Crippen LogP contribution is -2.23. The van der Waals surface area contributed by atoms with Crippen LogP contribution in [0.15, 0.2) is 29.2 Å². The van der Waals surface area contributed by atoms with Crippen LogP contribution in [0.3, 0.4) is 0 Å². The molecule has 1 rings (SSSR count). The molecule has 0 spiro atoms. The van der Waals surface area contributed by atoms with Gasteiger partial charge in [0.15, 0.2) is 0 Å². The number of sulfonamides is 1. The smallest absolute Gasteiger partial charge is 0.250 e. The Morgan fingerprint density at radius 1 is 1.21 bits per heavy atom. The molecular formula is C12H18N2O4S. The Morgan fingerprint density at radius 2 is 1.84 bits per heavy atom. The maximum Gasteiger partial charge on any atom is 0.250 e. The molecule has 0 heterocycles. The summed E-state index contributed by atoms with van der Waals surface area (Å²) in [7, 11) is -3.46. The van der Waals surface area contributed by atoms with Crippen LogP contribution in [0.2, 0.25) is 0 Å². The number of amides is 1. The highest BCUT2D eigenvalue weighted by Crippen LogP contribution is 2.13. The van der Waals surface area contributed by atoms with Crippen molar-refractivity contribution in [1.29, 1.82) is 0 Å². The van der Waals surface area contributed by atoms with E-state index in [0.29, 0.717) is 18.8 Å². The molecule has 0 aliphatic rings. The van der Waals surface area contributed by atoms with E-state index >= 15 is 0 Å². The molecule has 0 atom stereocenters. The quantitative estimate of drug-likeness (QED) is 0.782. The first-order valence-electron chi connectivity index (χ1n) is 5.97. The fourth-order valence-corrected chi connectivity index (χ4v) is 2.42. The average molecular weight is 286 g/mol. The molecule has 0 aromatic heterocycles. The molecule has 106 valence electrons. The van der Waals surface area contributed by atoms with E-state index in [-0.39, 0.29) is 17.4 Å². The number of benzene rings is 1. The molecular weight excluding hydrogens is 268 g/mol. The number of nitrogens with one attached hydrogen (secondary N) is 2. The van der Waals surface area contributed by atoms with Crippen LogP contribution in [0.1, 0.15) is 13.8 Å². The van der Waals surface area contributed by atoms with Gasteiger partial charge in [0.2, 0.25) is 15.9 Å². The summed E-state index contributed by atoms with van der Waals surface area (Å²) in [5.74, 6) is -0.274. The van der Waals surface area contributed by atoms with Gasteiger partial charge in [0.1, 0.15) is 6.61 Å². The third-order valence-electron chi connectivity index (χ3n) is 2.22. The Morgan fingerprint density at radius 3 is 2.37 bits per heavy atom. The van der Waals surface area contributed by atoms with Crippen molar-refractivity contribution in [1.82, 2.24) is 4.72 Å². The minimum atomic E-state index is -3.46. The van der Waals surface area contributed by atoms with Gasteiger partial charge < -0.3 is 10.1 Å². The van der Waals surface area contributed by atoms with Crippen LogP contribution in [0, 0.1) is 0 Å². The molecule has 0 fully saturated rings. The number of anilines is 1. The molecule has 0 aliphatic carbocycles. The highest BCUT2D eigenvalue weighted by Gasteiger charge is 2.12. The van der Waals surface area contributed by atoms with E-state index in [9.17, 15) is 13.2 Å². The Labute approximate surface area is 113 Å². The van der Waals surface area contributed by atoms with Gasteiger partial charge in [-0.2, -0.15) is 0 Å². The maximum absolute atomic E-state index is 11.7. The zero-order valence-electron chi connectivity index (χ0n) is 11.0. The summed E-state index contributed by atoms with van der Waals surface area (Å²) in [5, 5.41) is 2.61. The Bertz CT molecular complexity index is 511. The number of hydrogen-bond donors (Lipinski definition) is 2. The zero-order valence-corrected chi connectivity index (χ0v) is 11.8. The normalized spacial score (nSPS) is 11.3. The summed E-state index contributed by atoms with van der Waals surface area (Å²) in [6.45, 7) is 4.28. The van der Waals surface area contributed by atoms with E-state index in [0.717, 1.165) is 0 Å². The van der Waals surface area contributed by atoms with E-state index in [1.54, 1.807) is 13.8 Å². The first-order valence-corrected chi connectivity index (χ1v) is 7.45. The highest BCUT2D eigenvalue weighted by atomic mass is 32.2. The van der Waals surface area contributed by atoms with Crippen molar-refractivity contribution in [3.05, 3.63) is 24.3 Å². The monoisotopic (exact) mass is 286 g/mol. The van der Waals surface area contributed by atoms with E-state index in [4.69, 9.17) is 4.74 Å². The Balaban J connectivity index is 2.69. The third kappa shape index (κ3) is 4.98. The molecule has 6 nitrogen and oxygen atoms in total. The van der Waals surface area contributed by atoms with Gasteiger partial charge in [-0.05, 0) is 31.2 Å². The fourth-order valence-electron chi connectivity index (χ4n) is 1.38. The van der Waals surface area contributed by atoms with Crippen molar-refractivity contribution in [3.63, 3.8) is 0 Å². The number of carbonyl (C=O) groups excluding carboxylic acids is 1. The second kappa shape index (κ2) is 7.22. The van der Waals surface area contributed by atoms with Gasteiger partial charge in [0.25, 0.3) is 0 Å². The van der Waals surface area contributed by atoms with Gasteiger partial charge in [-0.15, -0.1) is 0 Å². The van der Waals surface area contributed by atoms with Crippen molar-refractivity contribution in [2.24, 2.45) is 0 Å². The molecule has 1 aromatic rings. The van der Waals surface area contributed by atoms with Crippen LogP contribution in [0.5, 0.6) is 0 Å². The molecule has 0 radical (unpaired) electrons. The molecule has 0 saturated carbocycles. The van der Waals surface area contributed by atoms with Crippen LogP contribution in [-0.2, 0) is 19.6 Å². The summed E-state index contributed by atoms with van der Waals surface area (Å²) < 4.78 is 30.7. The van der Waals surface area contributed by atoms with Crippen molar-refractivity contribution < 1.29 is 17.9 Å². The summed E-state index contributed by atoms with van der Waals surface area (Å²) >= 11 is 0. The maximum atomic E-state index is 11.7. The Hall–Kier alpha value is -1.44. The van der Waals surface area contributed by atoms with Gasteiger partial charge in [0, 0.05) is 18.8 Å². The molecule has 2 N–H and O–H groups in total. The van der Waals surface area contributed by atoms with E-state index < -0.39 is 10.0 Å². The SMILES string of the molecule is CCNS(=O)(=O)c1ccc(NC(=O)COCC)cc1. The van der Waals surface area contributed by atoms with Crippen LogP contribution < -0.4 is 10.0 Å². The van der Waals surface area contributed by atoms with Crippen molar-refractivity contribution >= 4 is 21.6 Å². The minimum Gasteiger partial charge on any atom is -0.372 e. The molecule has 1 aromatic carbocycles. The van der Waals surface area contributed by atoms with E-state index in [1.165, 1.54) is 24.3 Å². The molecule has 7 heteroatoms. The van der Waals surface area contributed by atoms with Crippen LogP contribution in [-0.4, -0.2) is 34.1 Å². The second-order valence-corrected chi connectivity index (χ2v) is 5.48. The lowest BCUT2D eigenvalue weighted by atomic mass is 10.3. The molecule has 0 bridgehead atoms. The predicted molar refractivity (Wildman–Crippen MR) is 72.4 cm³/mol. The first kappa shape index (κ1) is 15.6. The molecule has 0 unspecified atom stereocenters. The summed E-state index contributed by atoms with van der Waals surface area (Å²) in [6.07, 6.45) is 0. The van der Waals surface area contributed by atoms with Gasteiger partial charge in [-0.25, -0.2) is 13.1 Å². The van der Waals surface area contributed by atoms with Crippen molar-refractivity contribution in [2.75, 3.05) is 25.1 Å². The van der Waals surface area contributed by atoms with Crippen LogP contribution in [0.25, 0.3) is 0 Å². The first-order chi connectivity index (χ1) is 8.99. The predicted octanol–water partition coefficient (Wildman–Crippen LogP) is 0.960. The van der Waals surface area contributed by atoms with E-state index in [1.807, 2.05) is 0 Å². The number of rotatable bonds is 7. The lowest BCUT2D eigenvalue weighted by Gasteiger charge is -2.07. The summed E-state index contributed by atoms with van der Waals surface area (Å²) in [6, 6.07) is 5.95. The largest absolute Gasteiger partial charge is 0.372 e. The molecule has 19 heavy (non-hydrogen) atoms. The number of carbonyl (C=O) groups is 1. The second-order valence-electron chi connectivity index (χ2n) is 3.71. The number of ether oxygens (including phenoxy) is 1. The average Bonchev–Trinajstić information content (AvgIpc) is 2.37. The Kier molecular flexibility index (Phi) is 5.94. The van der Waals surface area contributed by atoms with E-state index in [2.05, 4.69) is 10.0 Å². The standard InChI is InChI=1S/C12H18N2O4S/c1-3-13-19(16,17)11-7-5-10(6-8-11)14-12(15)9-18-4-2/h5-8,13H,3-4,9H2,1-2H3,(H,14,15). The molecule has 0 aliphatic heterocycles. The van der Waals surface area contributed by atoms with Gasteiger partial charge in [-0.3, -0.25) is 4.79 Å². The van der Waals surface area contributed by atoms with Gasteiger partial charge in [-0.1, -0.05) is 6.92 Å². The highest BCUT2D eigenvalue weighted by molar-refractivity contribution is 7.89. The summed E-state index contributed by atoms with van der Waals surface area (Å²) in [4.78, 5) is 11.6. The van der Waals surface area contributed by atoms with Gasteiger partial charge in [0.05, 0.1) is 4.90 Å². The minimum absolute atomic E-state index is 0.0199. The molecule has 1 amide bonds. The lowest BCUT2D eigenvalue weighted by molar-refractivity contribution is -0.120.